The molecule has 4 rings (SSSR count). The van der Waals surface area contributed by atoms with Gasteiger partial charge in [-0.15, -0.1) is 0 Å². The summed E-state index contributed by atoms with van der Waals surface area (Å²) < 4.78 is 11.0. The summed E-state index contributed by atoms with van der Waals surface area (Å²) in [5.74, 6) is 1.22. The van der Waals surface area contributed by atoms with Gasteiger partial charge in [0.25, 0.3) is 5.91 Å². The average molecular weight is 407 g/mol. The smallest absolute Gasteiger partial charge is 0.255 e. The zero-order valence-electron chi connectivity index (χ0n) is 17.5. The Morgan fingerprint density at radius 1 is 1.13 bits per heavy atom. The molecule has 0 unspecified atom stereocenters. The van der Waals surface area contributed by atoms with Crippen LogP contribution in [0.4, 0.5) is 5.69 Å². The highest BCUT2D eigenvalue weighted by molar-refractivity contribution is 6.04. The Morgan fingerprint density at radius 2 is 1.90 bits per heavy atom. The van der Waals surface area contributed by atoms with Gasteiger partial charge in [-0.05, 0) is 44.2 Å². The zero-order chi connectivity index (χ0) is 20.9. The molecule has 0 radical (unpaired) electrons. The van der Waals surface area contributed by atoms with E-state index < -0.39 is 0 Å². The maximum atomic E-state index is 12.7. The molecule has 2 heterocycles. The molecule has 0 spiro atoms. The van der Waals surface area contributed by atoms with E-state index in [9.17, 15) is 4.79 Å². The summed E-state index contributed by atoms with van der Waals surface area (Å²) in [6, 6.07) is 15.3. The first-order chi connectivity index (χ1) is 14.6. The first kappa shape index (κ1) is 20.2. The van der Waals surface area contributed by atoms with E-state index in [1.54, 1.807) is 17.0 Å². The molecule has 1 aliphatic heterocycles. The van der Waals surface area contributed by atoms with Crippen molar-refractivity contribution in [1.29, 1.82) is 0 Å². The largest absolute Gasteiger partial charge is 0.489 e. The topological polar surface area (TPSA) is 68.8 Å². The molecular formula is C24H28N3O3+. The predicted molar refractivity (Wildman–Crippen MR) is 115 cm³/mol. The van der Waals surface area contributed by atoms with Gasteiger partial charge < -0.3 is 19.5 Å². The highest BCUT2D eigenvalue weighted by atomic mass is 16.5. The van der Waals surface area contributed by atoms with Crippen LogP contribution < -0.4 is 15.0 Å². The minimum atomic E-state index is -0.157. The van der Waals surface area contributed by atoms with E-state index in [0.29, 0.717) is 17.9 Å². The molecule has 1 fully saturated rings. The van der Waals surface area contributed by atoms with Gasteiger partial charge in [-0.25, -0.2) is 0 Å². The van der Waals surface area contributed by atoms with Crippen molar-refractivity contribution in [2.75, 3.05) is 18.4 Å². The number of carbonyl (C=O) groups is 1. The van der Waals surface area contributed by atoms with E-state index in [1.165, 1.54) is 31.5 Å². The van der Waals surface area contributed by atoms with Gasteiger partial charge >= 0.3 is 0 Å². The Kier molecular flexibility index (Phi) is 6.14. The number of hydrogen-bond donors (Lipinski definition) is 2. The van der Waals surface area contributed by atoms with Crippen LogP contribution in [0.1, 0.15) is 45.8 Å². The van der Waals surface area contributed by atoms with Crippen molar-refractivity contribution in [3.8, 4) is 5.75 Å². The number of amides is 1. The van der Waals surface area contributed by atoms with E-state index in [1.807, 2.05) is 38.1 Å². The lowest BCUT2D eigenvalue weighted by atomic mass is 10.1. The van der Waals surface area contributed by atoms with Crippen LogP contribution in [0.3, 0.4) is 0 Å². The molecule has 6 heteroatoms. The van der Waals surface area contributed by atoms with Gasteiger partial charge in [0, 0.05) is 29.7 Å². The minimum absolute atomic E-state index is 0.157. The predicted octanol–water partition coefficient (Wildman–Crippen LogP) is 3.30. The Balaban J connectivity index is 1.35. The number of hydrogen-bond acceptors (Lipinski definition) is 4. The van der Waals surface area contributed by atoms with Crippen LogP contribution in [-0.2, 0) is 13.2 Å². The van der Waals surface area contributed by atoms with Crippen molar-refractivity contribution >= 4 is 11.6 Å². The van der Waals surface area contributed by atoms with Gasteiger partial charge in [0.15, 0.2) is 0 Å². The monoisotopic (exact) mass is 406 g/mol. The van der Waals surface area contributed by atoms with E-state index in [4.69, 9.17) is 9.26 Å². The van der Waals surface area contributed by atoms with Gasteiger partial charge in [-0.1, -0.05) is 23.4 Å². The second kappa shape index (κ2) is 9.13. The van der Waals surface area contributed by atoms with Crippen LogP contribution in [0.5, 0.6) is 5.75 Å². The maximum absolute atomic E-state index is 12.7. The SMILES string of the molecule is Cc1noc(C)c1COc1cccc(C(=O)Nc2ccc(C[NH+]3CCCC3)cc2)c1. The fourth-order valence-electron chi connectivity index (χ4n) is 3.84. The molecular weight excluding hydrogens is 378 g/mol. The molecule has 0 bridgehead atoms. The fourth-order valence-corrected chi connectivity index (χ4v) is 3.84. The first-order valence-electron chi connectivity index (χ1n) is 10.5. The third kappa shape index (κ3) is 4.89. The number of carbonyl (C=O) groups excluding carboxylic acids is 1. The number of benzene rings is 2. The molecule has 6 nitrogen and oxygen atoms in total. The number of anilines is 1. The van der Waals surface area contributed by atoms with Crippen molar-refractivity contribution in [2.24, 2.45) is 0 Å². The second-order valence-electron chi connectivity index (χ2n) is 7.90. The lowest BCUT2D eigenvalue weighted by Crippen LogP contribution is -3.08. The van der Waals surface area contributed by atoms with Gasteiger partial charge in [-0.3, -0.25) is 4.79 Å². The highest BCUT2D eigenvalue weighted by Crippen LogP contribution is 2.19. The molecule has 1 amide bonds. The summed E-state index contributed by atoms with van der Waals surface area (Å²) in [6.45, 7) is 7.67. The second-order valence-corrected chi connectivity index (χ2v) is 7.90. The Bertz CT molecular complexity index is 985. The molecule has 30 heavy (non-hydrogen) atoms. The molecule has 1 aromatic heterocycles. The summed E-state index contributed by atoms with van der Waals surface area (Å²) in [5, 5.41) is 6.90. The Labute approximate surface area is 176 Å². The summed E-state index contributed by atoms with van der Waals surface area (Å²) in [5.41, 5.74) is 4.40. The van der Waals surface area contributed by atoms with Crippen LogP contribution in [0.2, 0.25) is 0 Å². The van der Waals surface area contributed by atoms with Gasteiger partial charge in [0.1, 0.15) is 24.7 Å². The summed E-state index contributed by atoms with van der Waals surface area (Å²) in [4.78, 5) is 14.3. The Morgan fingerprint density at radius 3 is 2.60 bits per heavy atom. The van der Waals surface area contributed by atoms with Crippen LogP contribution in [0.15, 0.2) is 53.1 Å². The van der Waals surface area contributed by atoms with Crippen molar-refractivity contribution in [3.63, 3.8) is 0 Å². The average Bonchev–Trinajstić information content (AvgIpc) is 3.38. The standard InChI is InChI=1S/C24H27N3O3/c1-17-23(18(2)30-26-17)16-29-22-7-5-6-20(14-22)24(28)25-21-10-8-19(9-11-21)15-27-12-3-4-13-27/h5-11,14H,3-4,12-13,15-16H2,1-2H3,(H,25,28)/p+1. The van der Waals surface area contributed by atoms with Crippen LogP contribution >= 0.6 is 0 Å². The number of nitrogens with one attached hydrogen (secondary N) is 2. The zero-order valence-corrected chi connectivity index (χ0v) is 17.5. The van der Waals surface area contributed by atoms with Crippen molar-refractivity contribution in [1.82, 2.24) is 5.16 Å². The first-order valence-corrected chi connectivity index (χ1v) is 10.5. The van der Waals surface area contributed by atoms with Crippen LogP contribution in [0, 0.1) is 13.8 Å². The lowest BCUT2D eigenvalue weighted by Gasteiger charge is -2.12. The number of nitrogens with zero attached hydrogens (tertiary/aromatic N) is 1. The van der Waals surface area contributed by atoms with Crippen molar-refractivity contribution < 1.29 is 19.0 Å². The highest BCUT2D eigenvalue weighted by Gasteiger charge is 2.15. The molecule has 3 aromatic rings. The number of rotatable bonds is 7. The number of ether oxygens (including phenoxy) is 1. The summed E-state index contributed by atoms with van der Waals surface area (Å²) in [7, 11) is 0. The molecule has 2 aromatic carbocycles. The summed E-state index contributed by atoms with van der Waals surface area (Å²) in [6.07, 6.45) is 2.65. The number of aryl methyl sites for hydroxylation is 2. The van der Waals surface area contributed by atoms with E-state index >= 15 is 0 Å². The normalized spacial score (nSPS) is 14.1. The lowest BCUT2D eigenvalue weighted by molar-refractivity contribution is -0.901. The van der Waals surface area contributed by atoms with Gasteiger partial charge in [0.05, 0.1) is 24.3 Å². The van der Waals surface area contributed by atoms with Crippen LogP contribution in [-0.4, -0.2) is 24.2 Å². The van der Waals surface area contributed by atoms with Gasteiger partial charge in [-0.2, -0.15) is 0 Å². The van der Waals surface area contributed by atoms with Crippen molar-refractivity contribution in [3.05, 3.63) is 76.7 Å². The quantitative estimate of drug-likeness (QED) is 0.632. The minimum Gasteiger partial charge on any atom is -0.489 e. The van der Waals surface area contributed by atoms with E-state index in [0.717, 1.165) is 29.2 Å². The number of likely N-dealkylation sites (tertiary alicyclic amines) is 1. The molecule has 0 atom stereocenters. The molecule has 1 saturated heterocycles. The third-order valence-corrected chi connectivity index (χ3v) is 5.64. The molecule has 156 valence electrons. The Hall–Kier alpha value is -3.12. The van der Waals surface area contributed by atoms with Gasteiger partial charge in [0.2, 0.25) is 0 Å². The fraction of sp³-hybridized carbons (Fsp3) is 0.333. The molecule has 0 aliphatic carbocycles. The maximum Gasteiger partial charge on any atom is 0.255 e. The molecule has 1 aliphatic rings. The number of quaternary nitrogens is 1. The number of aromatic nitrogens is 1. The molecule has 2 N–H and O–H groups in total. The molecule has 0 saturated carbocycles. The third-order valence-electron chi connectivity index (χ3n) is 5.64. The summed E-state index contributed by atoms with van der Waals surface area (Å²) >= 11 is 0. The van der Waals surface area contributed by atoms with Crippen LogP contribution in [0.25, 0.3) is 0 Å². The van der Waals surface area contributed by atoms with E-state index in [-0.39, 0.29) is 5.91 Å². The van der Waals surface area contributed by atoms with Crippen molar-refractivity contribution in [2.45, 2.75) is 39.8 Å². The van der Waals surface area contributed by atoms with E-state index in [2.05, 4.69) is 22.6 Å².